The molecular weight excluding hydrogens is 474 g/mol. The Morgan fingerprint density at radius 3 is 2.25 bits per heavy atom. The molecule has 1 atom stereocenters. The predicted octanol–water partition coefficient (Wildman–Crippen LogP) is 1.94. The summed E-state index contributed by atoms with van der Waals surface area (Å²) in [6.07, 6.45) is 3.97. The molecule has 2 rings (SSSR count). The van der Waals surface area contributed by atoms with Crippen LogP contribution >= 0.6 is 0 Å². The van der Waals surface area contributed by atoms with E-state index in [0.717, 1.165) is 19.3 Å². The summed E-state index contributed by atoms with van der Waals surface area (Å²) in [5.41, 5.74) is 0. The van der Waals surface area contributed by atoms with E-state index in [1.807, 2.05) is 0 Å². The molecule has 0 spiro atoms. The normalized spacial score (nSPS) is 17.4. The lowest BCUT2D eigenvalue weighted by atomic mass is 10.0. The minimum absolute atomic E-state index is 0.00982. The minimum atomic E-state index is -0.812. The van der Waals surface area contributed by atoms with E-state index < -0.39 is 29.7 Å². The summed E-state index contributed by atoms with van der Waals surface area (Å²) in [7, 11) is 0. The summed E-state index contributed by atoms with van der Waals surface area (Å²) in [5.74, 6) is 3.02. The highest BCUT2D eigenvalue weighted by Crippen LogP contribution is 2.15. The summed E-state index contributed by atoms with van der Waals surface area (Å²) in [5, 5.41) is 0.453. The predicted molar refractivity (Wildman–Crippen MR) is 122 cm³/mol. The van der Waals surface area contributed by atoms with Crippen LogP contribution in [0.5, 0.6) is 0 Å². The zero-order valence-electron chi connectivity index (χ0n) is 20.4. The monoisotopic (exact) mass is 507 g/mol. The number of hydroxylamine groups is 2. The van der Waals surface area contributed by atoms with Crippen molar-refractivity contribution < 1.29 is 47.8 Å². The molecule has 1 heterocycles. The summed E-state index contributed by atoms with van der Waals surface area (Å²) >= 11 is 0. The lowest BCUT2D eigenvalue weighted by Crippen LogP contribution is -2.32. The first-order valence-corrected chi connectivity index (χ1v) is 12.3. The highest BCUT2D eigenvalue weighted by Gasteiger charge is 2.32. The Morgan fingerprint density at radius 2 is 1.47 bits per heavy atom. The largest absolute Gasteiger partial charge is 0.463 e. The van der Waals surface area contributed by atoms with Gasteiger partial charge in [-0.25, -0.2) is 4.79 Å². The molecule has 0 aromatic rings. The number of hydrogen-bond donors (Lipinski definition) is 0. The van der Waals surface area contributed by atoms with E-state index in [0.29, 0.717) is 24.3 Å². The molecule has 0 aromatic carbocycles. The number of ketones is 1. The first kappa shape index (κ1) is 29.0. The Hall–Kier alpha value is -3.26. The van der Waals surface area contributed by atoms with Gasteiger partial charge < -0.3 is 19.0 Å². The fourth-order valence-electron chi connectivity index (χ4n) is 3.47. The van der Waals surface area contributed by atoms with Crippen molar-refractivity contribution in [2.24, 2.45) is 0 Å². The van der Waals surface area contributed by atoms with Gasteiger partial charge in [0, 0.05) is 45.1 Å². The topological polar surface area (TPSA) is 143 Å². The van der Waals surface area contributed by atoms with Crippen molar-refractivity contribution in [2.45, 2.75) is 89.6 Å². The van der Waals surface area contributed by atoms with Crippen LogP contribution < -0.4 is 0 Å². The second kappa shape index (κ2) is 16.4. The first-order valence-electron chi connectivity index (χ1n) is 12.3. The summed E-state index contributed by atoms with van der Waals surface area (Å²) in [6.45, 7) is 0.448. The van der Waals surface area contributed by atoms with E-state index in [1.165, 1.54) is 0 Å². The average molecular weight is 508 g/mol. The molecule has 1 unspecified atom stereocenters. The molecule has 1 aliphatic carbocycles. The Bertz CT molecular complexity index is 856. The third-order valence-corrected chi connectivity index (χ3v) is 5.42. The molecule has 0 aromatic heterocycles. The smallest absolute Gasteiger partial charge is 0.333 e. The fraction of sp³-hybridized carbons (Fsp3) is 0.680. The van der Waals surface area contributed by atoms with Crippen LogP contribution in [0.25, 0.3) is 0 Å². The zero-order valence-corrected chi connectivity index (χ0v) is 20.4. The summed E-state index contributed by atoms with van der Waals surface area (Å²) in [6, 6.07) is 0. The van der Waals surface area contributed by atoms with Crippen molar-refractivity contribution in [1.29, 1.82) is 0 Å². The molecule has 0 N–H and O–H groups in total. The van der Waals surface area contributed by atoms with Gasteiger partial charge in [0.05, 0.1) is 25.9 Å². The number of imide groups is 1. The van der Waals surface area contributed by atoms with Gasteiger partial charge in [0.2, 0.25) is 0 Å². The third kappa shape index (κ3) is 11.9. The molecule has 1 saturated heterocycles. The first-order chi connectivity index (χ1) is 17.3. The van der Waals surface area contributed by atoms with Gasteiger partial charge in [0.15, 0.2) is 0 Å². The molecule has 11 nitrogen and oxygen atoms in total. The van der Waals surface area contributed by atoms with Crippen LogP contribution in [0.1, 0.15) is 83.5 Å². The van der Waals surface area contributed by atoms with Crippen molar-refractivity contribution in [1.82, 2.24) is 5.06 Å². The Labute approximate surface area is 210 Å². The number of rotatable bonds is 15. The quantitative estimate of drug-likeness (QED) is 0.140. The molecule has 2 amide bonds. The maximum absolute atomic E-state index is 11.9. The average Bonchev–Trinajstić information content (AvgIpc) is 3.14. The van der Waals surface area contributed by atoms with E-state index in [4.69, 9.17) is 19.0 Å². The highest BCUT2D eigenvalue weighted by atomic mass is 16.7. The molecule has 1 aliphatic heterocycles. The van der Waals surface area contributed by atoms with Crippen LogP contribution in [0.3, 0.4) is 0 Å². The van der Waals surface area contributed by atoms with Crippen LogP contribution in [0.15, 0.2) is 0 Å². The van der Waals surface area contributed by atoms with Crippen molar-refractivity contribution in [2.75, 3.05) is 19.8 Å². The summed E-state index contributed by atoms with van der Waals surface area (Å²) in [4.78, 5) is 74.7. The lowest BCUT2D eigenvalue weighted by Gasteiger charge is -2.17. The lowest BCUT2D eigenvalue weighted by molar-refractivity contribution is -0.197. The van der Waals surface area contributed by atoms with Gasteiger partial charge in [0.25, 0.3) is 11.8 Å². The van der Waals surface area contributed by atoms with Gasteiger partial charge in [-0.2, -0.15) is 0 Å². The van der Waals surface area contributed by atoms with Crippen LogP contribution in [0.2, 0.25) is 0 Å². The Morgan fingerprint density at radius 1 is 0.778 bits per heavy atom. The number of ether oxygens (including phenoxy) is 3. The summed E-state index contributed by atoms with van der Waals surface area (Å²) < 4.78 is 15.7. The highest BCUT2D eigenvalue weighted by molar-refractivity contribution is 6.01. The molecule has 0 saturated carbocycles. The SMILES string of the molecule is O=C(CCCOCCOC(=O)CCC(=O)OC1CCC#CCCC1)CCC(=O)ON1C(=O)CCC1=O. The molecular formula is C25H33NO10. The molecule has 36 heavy (non-hydrogen) atoms. The number of amides is 2. The van der Waals surface area contributed by atoms with Crippen LogP contribution in [-0.4, -0.2) is 66.5 Å². The van der Waals surface area contributed by atoms with E-state index in [1.54, 1.807) is 0 Å². The molecule has 2 aliphatic rings. The number of hydrogen-bond acceptors (Lipinski definition) is 10. The van der Waals surface area contributed by atoms with E-state index in [2.05, 4.69) is 11.8 Å². The van der Waals surface area contributed by atoms with Gasteiger partial charge in [-0.1, -0.05) is 0 Å². The van der Waals surface area contributed by atoms with Gasteiger partial charge >= 0.3 is 17.9 Å². The van der Waals surface area contributed by atoms with Crippen molar-refractivity contribution in [3.05, 3.63) is 0 Å². The Kier molecular flexibility index (Phi) is 13.2. The second-order valence-corrected chi connectivity index (χ2v) is 8.42. The number of esters is 2. The fourth-order valence-corrected chi connectivity index (χ4v) is 3.47. The Balaban J connectivity index is 1.42. The molecule has 1 fully saturated rings. The minimum Gasteiger partial charge on any atom is -0.463 e. The van der Waals surface area contributed by atoms with E-state index in [9.17, 15) is 28.8 Å². The zero-order chi connectivity index (χ0) is 26.2. The van der Waals surface area contributed by atoms with Crippen molar-refractivity contribution in [3.63, 3.8) is 0 Å². The number of carbonyl (C=O) groups excluding carboxylic acids is 6. The van der Waals surface area contributed by atoms with Gasteiger partial charge in [-0.3, -0.25) is 24.0 Å². The number of carbonyl (C=O) groups is 6. The second-order valence-electron chi connectivity index (χ2n) is 8.42. The van der Waals surface area contributed by atoms with E-state index >= 15 is 0 Å². The third-order valence-electron chi connectivity index (χ3n) is 5.42. The van der Waals surface area contributed by atoms with Gasteiger partial charge in [0.1, 0.15) is 18.5 Å². The van der Waals surface area contributed by atoms with Crippen LogP contribution in [0.4, 0.5) is 0 Å². The maximum atomic E-state index is 11.9. The van der Waals surface area contributed by atoms with Gasteiger partial charge in [-0.15, -0.1) is 16.9 Å². The van der Waals surface area contributed by atoms with E-state index in [-0.39, 0.29) is 76.7 Å². The molecule has 0 bridgehead atoms. The van der Waals surface area contributed by atoms with Gasteiger partial charge in [-0.05, 0) is 25.7 Å². The van der Waals surface area contributed by atoms with Crippen LogP contribution in [0, 0.1) is 11.8 Å². The van der Waals surface area contributed by atoms with Crippen molar-refractivity contribution in [3.8, 4) is 11.8 Å². The van der Waals surface area contributed by atoms with Crippen molar-refractivity contribution >= 4 is 35.5 Å². The molecule has 11 heteroatoms. The number of Topliss-reactive ketones (excluding diaryl/α,β-unsaturated/α-hetero) is 1. The molecule has 198 valence electrons. The standard InChI is InChI=1S/C25H33NO10/c27-19(10-13-25(32)36-26-21(28)11-12-22(26)29)7-6-16-33-17-18-34-23(30)14-15-24(31)35-20-8-4-2-1-3-5-9-20/h20H,2,4-18H2. The molecule has 0 radical (unpaired) electrons. The number of nitrogens with zero attached hydrogens (tertiary/aromatic N) is 1. The maximum Gasteiger partial charge on any atom is 0.333 e. The van der Waals surface area contributed by atoms with Crippen LogP contribution in [-0.2, 0) is 47.8 Å².